The quantitative estimate of drug-likeness (QED) is 0.304. The molecule has 0 atom stereocenters. The van der Waals surface area contributed by atoms with Gasteiger partial charge in [-0.1, -0.05) is 0 Å². The minimum atomic E-state index is -1.66. The standard InChI is InChI=1S/C10H6O8.C9H6O6/c11-7(12)3-1-4(8(13)14)6(10(17)18)2-5(3)9(15)16;10-7(11)4-1-5(8(12)13)3-6(2-4)9(14)15/h1-2H,(H,11,12)(H,13,14)(H,15,16)(H,17,18);1-3H,(H,10,11)(H,12,13)(H,14,15). The Morgan fingerprint density at radius 1 is 0.333 bits per heavy atom. The van der Waals surface area contributed by atoms with Crippen LogP contribution in [0.2, 0.25) is 0 Å². The van der Waals surface area contributed by atoms with Crippen LogP contribution >= 0.6 is 0 Å². The zero-order chi connectivity index (χ0) is 25.6. The average molecular weight is 464 g/mol. The molecular formula is C19H12O14. The maximum Gasteiger partial charge on any atom is 0.336 e. The maximum atomic E-state index is 10.8. The van der Waals surface area contributed by atoms with E-state index in [-0.39, 0.29) is 16.7 Å². The Bertz CT molecular complexity index is 1030. The number of hydrogen-bond acceptors (Lipinski definition) is 7. The van der Waals surface area contributed by atoms with Crippen LogP contribution in [-0.2, 0) is 0 Å². The van der Waals surface area contributed by atoms with Gasteiger partial charge in [-0.3, -0.25) is 0 Å². The van der Waals surface area contributed by atoms with Crippen molar-refractivity contribution in [1.82, 2.24) is 0 Å². The van der Waals surface area contributed by atoms with Crippen LogP contribution in [0.25, 0.3) is 0 Å². The molecule has 0 saturated carbocycles. The van der Waals surface area contributed by atoms with Gasteiger partial charge < -0.3 is 35.7 Å². The van der Waals surface area contributed by atoms with E-state index < -0.39 is 64.0 Å². The van der Waals surface area contributed by atoms with Crippen molar-refractivity contribution < 1.29 is 69.3 Å². The number of benzene rings is 2. The highest BCUT2D eigenvalue weighted by Gasteiger charge is 2.25. The molecule has 0 aliphatic rings. The highest BCUT2D eigenvalue weighted by Crippen LogP contribution is 2.18. The van der Waals surface area contributed by atoms with Gasteiger partial charge in [-0.15, -0.1) is 0 Å². The van der Waals surface area contributed by atoms with Crippen LogP contribution in [0.4, 0.5) is 0 Å². The van der Waals surface area contributed by atoms with Crippen LogP contribution in [0.5, 0.6) is 0 Å². The molecule has 33 heavy (non-hydrogen) atoms. The Morgan fingerprint density at radius 2 is 0.515 bits per heavy atom. The molecule has 0 radical (unpaired) electrons. The predicted molar refractivity (Wildman–Crippen MR) is 102 cm³/mol. The van der Waals surface area contributed by atoms with E-state index in [1.165, 1.54) is 0 Å². The third-order valence-electron chi connectivity index (χ3n) is 3.75. The van der Waals surface area contributed by atoms with Gasteiger partial charge in [0, 0.05) is 0 Å². The molecule has 7 N–H and O–H groups in total. The van der Waals surface area contributed by atoms with Gasteiger partial charge in [-0.25, -0.2) is 33.6 Å². The van der Waals surface area contributed by atoms with Crippen molar-refractivity contribution in [3.63, 3.8) is 0 Å². The van der Waals surface area contributed by atoms with Crippen LogP contribution in [0.3, 0.4) is 0 Å². The lowest BCUT2D eigenvalue weighted by Gasteiger charge is -2.06. The SMILES string of the molecule is O=C(O)c1cc(C(=O)O)c(C(=O)O)cc1C(=O)O.O=C(O)c1cc(C(=O)O)cc(C(=O)O)c1. The monoisotopic (exact) mass is 464 g/mol. The number of carbonyl (C=O) groups is 7. The molecule has 14 heteroatoms. The molecule has 14 nitrogen and oxygen atoms in total. The third kappa shape index (κ3) is 6.35. The lowest BCUT2D eigenvalue weighted by atomic mass is 9.98. The van der Waals surface area contributed by atoms with Gasteiger partial charge in [0.2, 0.25) is 0 Å². The second kappa shape index (κ2) is 10.2. The summed E-state index contributed by atoms with van der Waals surface area (Å²) in [6.45, 7) is 0. The predicted octanol–water partition coefficient (Wildman–Crippen LogP) is 1.26. The summed E-state index contributed by atoms with van der Waals surface area (Å²) in [6.07, 6.45) is 0. The van der Waals surface area contributed by atoms with Gasteiger partial charge in [0.05, 0.1) is 38.9 Å². The summed E-state index contributed by atoms with van der Waals surface area (Å²) in [5.41, 5.74) is -4.25. The zero-order valence-electron chi connectivity index (χ0n) is 15.9. The van der Waals surface area contributed by atoms with Crippen molar-refractivity contribution in [3.05, 3.63) is 69.3 Å². The Morgan fingerprint density at radius 3 is 0.636 bits per heavy atom. The smallest absolute Gasteiger partial charge is 0.336 e. The summed E-state index contributed by atoms with van der Waals surface area (Å²) in [5.74, 6) is -10.8. The van der Waals surface area contributed by atoms with Crippen molar-refractivity contribution in [1.29, 1.82) is 0 Å². The third-order valence-corrected chi connectivity index (χ3v) is 3.75. The van der Waals surface area contributed by atoms with Crippen molar-refractivity contribution in [2.24, 2.45) is 0 Å². The molecule has 2 aromatic rings. The van der Waals surface area contributed by atoms with Crippen molar-refractivity contribution in [3.8, 4) is 0 Å². The first kappa shape index (κ1) is 25.8. The fourth-order valence-electron chi connectivity index (χ4n) is 2.31. The molecule has 0 spiro atoms. The molecule has 0 saturated heterocycles. The van der Waals surface area contributed by atoms with Crippen molar-refractivity contribution >= 4 is 41.8 Å². The summed E-state index contributed by atoms with van der Waals surface area (Å²) < 4.78 is 0. The molecule has 0 bridgehead atoms. The van der Waals surface area contributed by atoms with E-state index in [2.05, 4.69) is 0 Å². The first-order valence-corrected chi connectivity index (χ1v) is 8.13. The number of rotatable bonds is 7. The van der Waals surface area contributed by atoms with Gasteiger partial charge in [0.1, 0.15) is 0 Å². The normalized spacial score (nSPS) is 9.70. The summed E-state index contributed by atoms with van der Waals surface area (Å²) in [6, 6.07) is 3.72. The minimum Gasteiger partial charge on any atom is -0.478 e. The fourth-order valence-corrected chi connectivity index (χ4v) is 2.31. The van der Waals surface area contributed by atoms with Gasteiger partial charge in [-0.2, -0.15) is 0 Å². The van der Waals surface area contributed by atoms with E-state index in [9.17, 15) is 33.6 Å². The van der Waals surface area contributed by atoms with Gasteiger partial charge in [-0.05, 0) is 30.3 Å². The van der Waals surface area contributed by atoms with E-state index in [0.717, 1.165) is 18.2 Å². The second-order valence-corrected chi connectivity index (χ2v) is 5.88. The first-order chi connectivity index (χ1) is 15.2. The van der Waals surface area contributed by atoms with Crippen LogP contribution in [0.1, 0.15) is 72.5 Å². The molecule has 0 aromatic heterocycles. The van der Waals surface area contributed by atoms with Gasteiger partial charge in [0.15, 0.2) is 0 Å². The first-order valence-electron chi connectivity index (χ1n) is 8.13. The Hall–Kier alpha value is -5.27. The largest absolute Gasteiger partial charge is 0.478 e. The topological polar surface area (TPSA) is 261 Å². The van der Waals surface area contributed by atoms with Gasteiger partial charge >= 0.3 is 41.8 Å². The minimum absolute atomic E-state index is 0.368. The molecule has 0 amide bonds. The van der Waals surface area contributed by atoms with Crippen molar-refractivity contribution in [2.45, 2.75) is 0 Å². The maximum absolute atomic E-state index is 10.8. The number of carboxylic acid groups (broad SMARTS) is 7. The van der Waals surface area contributed by atoms with E-state index in [4.69, 9.17) is 35.7 Å². The van der Waals surface area contributed by atoms with E-state index in [0.29, 0.717) is 12.1 Å². The molecule has 172 valence electrons. The van der Waals surface area contributed by atoms with Crippen LogP contribution in [0, 0.1) is 0 Å². The molecule has 0 aliphatic carbocycles. The molecule has 2 aromatic carbocycles. The molecule has 0 fully saturated rings. The van der Waals surface area contributed by atoms with Crippen LogP contribution in [-0.4, -0.2) is 77.5 Å². The molecule has 0 unspecified atom stereocenters. The molecular weight excluding hydrogens is 452 g/mol. The molecule has 0 heterocycles. The average Bonchev–Trinajstić information content (AvgIpc) is 2.72. The van der Waals surface area contributed by atoms with Crippen LogP contribution in [0.15, 0.2) is 30.3 Å². The summed E-state index contributed by atoms with van der Waals surface area (Å²) in [4.78, 5) is 74.8. The van der Waals surface area contributed by atoms with E-state index in [1.54, 1.807) is 0 Å². The van der Waals surface area contributed by atoms with Crippen LogP contribution < -0.4 is 0 Å². The number of carboxylic acids is 7. The highest BCUT2D eigenvalue weighted by atomic mass is 16.4. The number of hydrogen-bond donors (Lipinski definition) is 7. The molecule has 0 aliphatic heterocycles. The van der Waals surface area contributed by atoms with E-state index >= 15 is 0 Å². The Balaban J connectivity index is 0.000000335. The lowest BCUT2D eigenvalue weighted by molar-refractivity contribution is 0.0637. The Kier molecular flexibility index (Phi) is 7.93. The Labute approximate surface area is 181 Å². The van der Waals surface area contributed by atoms with Crippen molar-refractivity contribution in [2.75, 3.05) is 0 Å². The fraction of sp³-hybridized carbons (Fsp3) is 0. The summed E-state index contributed by atoms with van der Waals surface area (Å²) >= 11 is 0. The molecule has 2 rings (SSSR count). The summed E-state index contributed by atoms with van der Waals surface area (Å²) in [7, 11) is 0. The van der Waals surface area contributed by atoms with Gasteiger partial charge in [0.25, 0.3) is 0 Å². The lowest BCUT2D eigenvalue weighted by Crippen LogP contribution is -2.15. The van der Waals surface area contributed by atoms with E-state index in [1.807, 2.05) is 0 Å². The highest BCUT2D eigenvalue weighted by molar-refractivity contribution is 6.09. The second-order valence-electron chi connectivity index (χ2n) is 5.88. The zero-order valence-corrected chi connectivity index (χ0v) is 15.9. The summed E-state index contributed by atoms with van der Waals surface area (Å²) in [5, 5.41) is 60.8. The number of aromatic carboxylic acids is 7.